The Labute approximate surface area is 162 Å². The molecule has 1 amide bonds. The van der Waals surface area contributed by atoms with Gasteiger partial charge in [0.15, 0.2) is 0 Å². The second kappa shape index (κ2) is 8.29. The lowest BCUT2D eigenvalue weighted by Gasteiger charge is -2.47. The van der Waals surface area contributed by atoms with Crippen molar-refractivity contribution < 1.29 is 14.6 Å². The number of hydrogen-bond donors (Lipinski definition) is 2. The number of aliphatic hydroxyl groups excluding tert-OH is 1. The maximum Gasteiger partial charge on any atom is 0.222 e. The van der Waals surface area contributed by atoms with Gasteiger partial charge in [0.05, 0.1) is 18.1 Å². The first-order chi connectivity index (χ1) is 13.2. The van der Waals surface area contributed by atoms with Gasteiger partial charge in [-0.05, 0) is 55.6 Å². The van der Waals surface area contributed by atoms with Crippen molar-refractivity contribution >= 4 is 5.91 Å². The van der Waals surface area contributed by atoms with Gasteiger partial charge in [0.1, 0.15) is 0 Å². The minimum Gasteiger partial charge on any atom is -0.396 e. The molecule has 5 nitrogen and oxygen atoms in total. The number of piperidine rings is 1. The summed E-state index contributed by atoms with van der Waals surface area (Å²) in [5, 5.41) is 11.8. The van der Waals surface area contributed by atoms with Gasteiger partial charge in [-0.15, -0.1) is 0 Å². The minimum atomic E-state index is -0.231. The van der Waals surface area contributed by atoms with E-state index < -0.39 is 0 Å². The molecule has 4 rings (SSSR count). The van der Waals surface area contributed by atoms with E-state index in [9.17, 15) is 4.79 Å². The van der Waals surface area contributed by atoms with Gasteiger partial charge < -0.3 is 20.1 Å². The third-order valence-electron chi connectivity index (χ3n) is 6.30. The molecule has 1 spiro atoms. The zero-order valence-corrected chi connectivity index (χ0v) is 16.2. The Balaban J connectivity index is 1.43. The summed E-state index contributed by atoms with van der Waals surface area (Å²) >= 11 is 0. The number of rotatable bonds is 7. The molecule has 1 saturated carbocycles. The molecular formula is C22H32N2O3. The Bertz CT molecular complexity index is 651. The third kappa shape index (κ3) is 4.53. The number of nitrogens with one attached hydrogen (secondary N) is 1. The lowest BCUT2D eigenvalue weighted by molar-refractivity contribution is -0.150. The van der Waals surface area contributed by atoms with Crippen molar-refractivity contribution in [2.75, 3.05) is 32.8 Å². The summed E-state index contributed by atoms with van der Waals surface area (Å²) in [5.41, 5.74) is 2.45. The van der Waals surface area contributed by atoms with Crippen molar-refractivity contribution in [1.82, 2.24) is 10.2 Å². The van der Waals surface area contributed by atoms with Crippen molar-refractivity contribution in [3.05, 3.63) is 35.4 Å². The predicted molar refractivity (Wildman–Crippen MR) is 104 cm³/mol. The first-order valence-corrected chi connectivity index (χ1v) is 10.5. The predicted octanol–water partition coefficient (Wildman–Crippen LogP) is 2.22. The standard InChI is InChI=1S/C22H32N2O3/c25-13-3-10-23-21(26)15-19-14-18-4-1-2-5-20(18)22(27-19)8-11-24(12-9-22)16-17-6-7-17/h1-2,4-5,17,19,25H,3,6-16H2,(H,23,26). The molecule has 1 aromatic carbocycles. The molecule has 1 aromatic rings. The van der Waals surface area contributed by atoms with E-state index in [0.29, 0.717) is 19.4 Å². The van der Waals surface area contributed by atoms with E-state index in [1.54, 1.807) is 0 Å². The molecule has 27 heavy (non-hydrogen) atoms. The van der Waals surface area contributed by atoms with Crippen LogP contribution in [0, 0.1) is 5.92 Å². The fraction of sp³-hybridized carbons (Fsp3) is 0.682. The summed E-state index contributed by atoms with van der Waals surface area (Å²) in [6, 6.07) is 8.64. The number of benzene rings is 1. The van der Waals surface area contributed by atoms with E-state index in [4.69, 9.17) is 9.84 Å². The van der Waals surface area contributed by atoms with Crippen LogP contribution in [0.1, 0.15) is 49.7 Å². The molecule has 148 valence electrons. The highest BCUT2D eigenvalue weighted by atomic mass is 16.5. The first-order valence-electron chi connectivity index (χ1n) is 10.5. The molecule has 2 N–H and O–H groups in total. The molecule has 1 unspecified atom stereocenters. The Kier molecular flexibility index (Phi) is 5.81. The Morgan fingerprint density at radius 2 is 2.04 bits per heavy atom. The number of likely N-dealkylation sites (tertiary alicyclic amines) is 1. The van der Waals surface area contributed by atoms with Crippen LogP contribution in [-0.4, -0.2) is 54.8 Å². The fourth-order valence-electron chi connectivity index (χ4n) is 4.66. The van der Waals surface area contributed by atoms with Crippen LogP contribution in [0.3, 0.4) is 0 Å². The topological polar surface area (TPSA) is 61.8 Å². The average Bonchev–Trinajstić information content (AvgIpc) is 3.48. The summed E-state index contributed by atoms with van der Waals surface area (Å²) in [7, 11) is 0. The molecular weight excluding hydrogens is 340 g/mol. The molecule has 5 heteroatoms. The second-order valence-electron chi connectivity index (χ2n) is 8.47. The average molecular weight is 373 g/mol. The highest BCUT2D eigenvalue weighted by molar-refractivity contribution is 5.76. The summed E-state index contributed by atoms with van der Waals surface area (Å²) in [4.78, 5) is 14.9. The number of carbonyl (C=O) groups is 1. The smallest absolute Gasteiger partial charge is 0.222 e. The number of fused-ring (bicyclic) bond motifs is 2. The molecule has 3 aliphatic rings. The van der Waals surface area contributed by atoms with Crippen LogP contribution in [0.5, 0.6) is 0 Å². The van der Waals surface area contributed by atoms with Crippen LogP contribution in [0.2, 0.25) is 0 Å². The lowest BCUT2D eigenvalue weighted by Crippen LogP contribution is -2.49. The van der Waals surface area contributed by atoms with Gasteiger partial charge in [-0.2, -0.15) is 0 Å². The maximum absolute atomic E-state index is 12.3. The van der Waals surface area contributed by atoms with Gasteiger partial charge in [0, 0.05) is 32.8 Å². The van der Waals surface area contributed by atoms with Gasteiger partial charge in [-0.25, -0.2) is 0 Å². The highest BCUT2D eigenvalue weighted by Gasteiger charge is 2.44. The largest absolute Gasteiger partial charge is 0.396 e. The van der Waals surface area contributed by atoms with Gasteiger partial charge in [0.2, 0.25) is 5.91 Å². The molecule has 0 aromatic heterocycles. The van der Waals surface area contributed by atoms with Crippen LogP contribution in [-0.2, 0) is 21.6 Å². The van der Waals surface area contributed by atoms with Crippen molar-refractivity contribution in [3.8, 4) is 0 Å². The van der Waals surface area contributed by atoms with Crippen molar-refractivity contribution in [2.24, 2.45) is 5.92 Å². The first kappa shape index (κ1) is 18.9. The minimum absolute atomic E-state index is 0.0224. The van der Waals surface area contributed by atoms with E-state index >= 15 is 0 Å². The summed E-state index contributed by atoms with van der Waals surface area (Å²) in [6.45, 7) is 4.04. The Hall–Kier alpha value is -1.43. The Morgan fingerprint density at radius 1 is 1.26 bits per heavy atom. The van der Waals surface area contributed by atoms with Crippen molar-refractivity contribution in [2.45, 2.75) is 56.7 Å². The summed E-state index contributed by atoms with van der Waals surface area (Å²) in [5.74, 6) is 0.947. The normalized spacial score (nSPS) is 24.6. The Morgan fingerprint density at radius 3 is 2.78 bits per heavy atom. The van der Waals surface area contributed by atoms with Crippen LogP contribution in [0.4, 0.5) is 0 Å². The molecule has 1 atom stereocenters. The van der Waals surface area contributed by atoms with Crippen molar-refractivity contribution in [3.63, 3.8) is 0 Å². The quantitative estimate of drug-likeness (QED) is 0.721. The van der Waals surface area contributed by atoms with Crippen LogP contribution < -0.4 is 5.32 Å². The van der Waals surface area contributed by atoms with Crippen molar-refractivity contribution in [1.29, 1.82) is 0 Å². The number of nitrogens with zero attached hydrogens (tertiary/aromatic N) is 1. The molecule has 1 aliphatic carbocycles. The van der Waals surface area contributed by atoms with Crippen LogP contribution >= 0.6 is 0 Å². The summed E-state index contributed by atoms with van der Waals surface area (Å²) in [6.07, 6.45) is 6.55. The van der Waals surface area contributed by atoms with Gasteiger partial charge in [0.25, 0.3) is 0 Å². The molecule has 2 fully saturated rings. The lowest BCUT2D eigenvalue weighted by atomic mass is 9.78. The third-order valence-corrected chi connectivity index (χ3v) is 6.30. The number of aliphatic hydroxyl groups is 1. The van der Waals surface area contributed by atoms with E-state index in [0.717, 1.165) is 38.3 Å². The van der Waals surface area contributed by atoms with Gasteiger partial charge >= 0.3 is 0 Å². The molecule has 1 saturated heterocycles. The summed E-state index contributed by atoms with van der Waals surface area (Å²) < 4.78 is 6.65. The number of amides is 1. The number of hydrogen-bond acceptors (Lipinski definition) is 4. The zero-order valence-electron chi connectivity index (χ0n) is 16.2. The molecule has 2 aliphatic heterocycles. The fourth-order valence-corrected chi connectivity index (χ4v) is 4.66. The second-order valence-corrected chi connectivity index (χ2v) is 8.47. The molecule has 0 radical (unpaired) electrons. The monoisotopic (exact) mass is 372 g/mol. The number of carbonyl (C=O) groups excluding carboxylic acids is 1. The van der Waals surface area contributed by atoms with E-state index in [1.807, 2.05) is 0 Å². The van der Waals surface area contributed by atoms with Crippen LogP contribution in [0.25, 0.3) is 0 Å². The number of ether oxygens (including phenoxy) is 1. The maximum atomic E-state index is 12.3. The van der Waals surface area contributed by atoms with Crippen LogP contribution in [0.15, 0.2) is 24.3 Å². The van der Waals surface area contributed by atoms with Gasteiger partial charge in [-0.1, -0.05) is 24.3 Å². The molecule has 0 bridgehead atoms. The molecule has 2 heterocycles. The van der Waals surface area contributed by atoms with Gasteiger partial charge in [-0.3, -0.25) is 4.79 Å². The van der Waals surface area contributed by atoms with E-state index in [1.165, 1.54) is 30.5 Å². The SMILES string of the molecule is O=C(CC1Cc2ccccc2C2(CCN(CC3CC3)CC2)O1)NCCCO. The van der Waals surface area contributed by atoms with E-state index in [-0.39, 0.29) is 24.2 Å². The zero-order chi connectivity index (χ0) is 18.7. The van der Waals surface area contributed by atoms with E-state index in [2.05, 4.69) is 34.5 Å². The highest BCUT2D eigenvalue weighted by Crippen LogP contribution is 2.44.